The second-order valence-electron chi connectivity index (χ2n) is 5.06. The molecule has 3 rings (SSSR count). The van der Waals surface area contributed by atoms with Gasteiger partial charge in [0.1, 0.15) is 5.01 Å². The summed E-state index contributed by atoms with van der Waals surface area (Å²) >= 11 is 1.33. The van der Waals surface area contributed by atoms with Crippen LogP contribution in [0.1, 0.15) is 5.56 Å². The lowest BCUT2D eigenvalue weighted by atomic mass is 10.1. The van der Waals surface area contributed by atoms with Crippen molar-refractivity contribution in [1.82, 2.24) is 10.2 Å². The Morgan fingerprint density at radius 1 is 1.04 bits per heavy atom. The van der Waals surface area contributed by atoms with E-state index in [0.717, 1.165) is 16.1 Å². The number of rotatable bonds is 5. The van der Waals surface area contributed by atoms with Gasteiger partial charge in [0, 0.05) is 5.56 Å². The van der Waals surface area contributed by atoms with Crippen molar-refractivity contribution >= 4 is 22.4 Å². The van der Waals surface area contributed by atoms with E-state index in [-0.39, 0.29) is 5.91 Å². The van der Waals surface area contributed by atoms with Crippen LogP contribution in [0.15, 0.2) is 60.7 Å². The first-order valence-electron chi connectivity index (χ1n) is 7.21. The summed E-state index contributed by atoms with van der Waals surface area (Å²) in [5.41, 5.74) is 7.96. The van der Waals surface area contributed by atoms with Gasteiger partial charge in [0.15, 0.2) is 0 Å². The van der Waals surface area contributed by atoms with E-state index >= 15 is 0 Å². The van der Waals surface area contributed by atoms with Crippen LogP contribution in [-0.4, -0.2) is 22.1 Å². The van der Waals surface area contributed by atoms with Crippen LogP contribution >= 0.6 is 11.3 Å². The Bertz CT molecular complexity index is 774. The maximum Gasteiger partial charge on any atom is 0.243 e. The van der Waals surface area contributed by atoms with Gasteiger partial charge in [0.2, 0.25) is 11.0 Å². The van der Waals surface area contributed by atoms with Crippen LogP contribution in [0.5, 0.6) is 0 Å². The van der Waals surface area contributed by atoms with E-state index in [1.165, 1.54) is 11.3 Å². The molecule has 3 aromatic rings. The Balaban J connectivity index is 1.63. The number of aromatic nitrogens is 2. The van der Waals surface area contributed by atoms with Gasteiger partial charge in [-0.2, -0.15) is 0 Å². The van der Waals surface area contributed by atoms with E-state index in [0.29, 0.717) is 11.6 Å². The third-order valence-electron chi connectivity index (χ3n) is 3.31. The maximum atomic E-state index is 12.2. The fourth-order valence-electron chi connectivity index (χ4n) is 2.13. The predicted molar refractivity (Wildman–Crippen MR) is 92.1 cm³/mol. The average molecular weight is 324 g/mol. The zero-order chi connectivity index (χ0) is 16.1. The van der Waals surface area contributed by atoms with Crippen molar-refractivity contribution in [3.8, 4) is 10.6 Å². The largest absolute Gasteiger partial charge is 0.320 e. The summed E-state index contributed by atoms with van der Waals surface area (Å²) < 4.78 is 0. The number of nitrogens with zero attached hydrogens (tertiary/aromatic N) is 2. The van der Waals surface area contributed by atoms with Crippen LogP contribution in [0.2, 0.25) is 0 Å². The molecule has 6 heteroatoms. The van der Waals surface area contributed by atoms with E-state index in [1.807, 2.05) is 60.7 Å². The molecule has 1 heterocycles. The van der Waals surface area contributed by atoms with E-state index in [2.05, 4.69) is 15.5 Å². The van der Waals surface area contributed by atoms with Gasteiger partial charge in [-0.25, -0.2) is 0 Å². The van der Waals surface area contributed by atoms with Crippen LogP contribution < -0.4 is 11.1 Å². The zero-order valence-electron chi connectivity index (χ0n) is 12.3. The second kappa shape index (κ2) is 7.13. The van der Waals surface area contributed by atoms with Crippen LogP contribution in [0.3, 0.4) is 0 Å². The fourth-order valence-corrected chi connectivity index (χ4v) is 2.88. The van der Waals surface area contributed by atoms with Crippen molar-refractivity contribution in [1.29, 1.82) is 0 Å². The van der Waals surface area contributed by atoms with Crippen LogP contribution in [0.4, 0.5) is 5.13 Å². The van der Waals surface area contributed by atoms with E-state index in [1.54, 1.807) is 0 Å². The predicted octanol–water partition coefficient (Wildman–Crippen LogP) is 2.71. The molecule has 5 nitrogen and oxygen atoms in total. The fraction of sp³-hybridized carbons (Fsp3) is 0.118. The minimum absolute atomic E-state index is 0.260. The molecule has 0 saturated heterocycles. The van der Waals surface area contributed by atoms with Crippen molar-refractivity contribution < 1.29 is 4.79 Å². The number of benzene rings is 2. The Kier molecular flexibility index (Phi) is 4.75. The molecule has 1 amide bonds. The molecule has 1 atom stereocenters. The number of nitrogens with one attached hydrogen (secondary N) is 1. The van der Waals surface area contributed by atoms with Crippen molar-refractivity contribution in [2.45, 2.75) is 12.5 Å². The highest BCUT2D eigenvalue weighted by Gasteiger charge is 2.16. The number of carbonyl (C=O) groups excluding carboxylic acids is 1. The van der Waals surface area contributed by atoms with Gasteiger partial charge < -0.3 is 5.73 Å². The zero-order valence-corrected chi connectivity index (χ0v) is 13.2. The molecule has 23 heavy (non-hydrogen) atoms. The molecule has 1 unspecified atom stereocenters. The van der Waals surface area contributed by atoms with Gasteiger partial charge in [-0.1, -0.05) is 72.0 Å². The molecule has 0 aliphatic heterocycles. The first-order valence-corrected chi connectivity index (χ1v) is 8.03. The van der Waals surface area contributed by atoms with Gasteiger partial charge in [-0.3, -0.25) is 10.1 Å². The van der Waals surface area contributed by atoms with Gasteiger partial charge in [0.25, 0.3) is 0 Å². The summed E-state index contributed by atoms with van der Waals surface area (Å²) in [5.74, 6) is -0.260. The number of hydrogen-bond donors (Lipinski definition) is 2. The van der Waals surface area contributed by atoms with Gasteiger partial charge in [-0.05, 0) is 12.0 Å². The molecular formula is C17H16N4OS. The lowest BCUT2D eigenvalue weighted by molar-refractivity contribution is -0.117. The van der Waals surface area contributed by atoms with Crippen LogP contribution in [0.25, 0.3) is 10.6 Å². The lowest BCUT2D eigenvalue weighted by Crippen LogP contribution is -2.37. The Morgan fingerprint density at radius 2 is 1.70 bits per heavy atom. The van der Waals surface area contributed by atoms with Gasteiger partial charge in [0.05, 0.1) is 6.04 Å². The Hall–Kier alpha value is -2.57. The number of nitrogens with two attached hydrogens (primary N) is 1. The number of amides is 1. The minimum Gasteiger partial charge on any atom is -0.320 e. The van der Waals surface area contributed by atoms with E-state index < -0.39 is 6.04 Å². The van der Waals surface area contributed by atoms with Crippen LogP contribution in [0, 0.1) is 0 Å². The monoisotopic (exact) mass is 324 g/mol. The second-order valence-corrected chi connectivity index (χ2v) is 6.04. The molecular weight excluding hydrogens is 308 g/mol. The molecule has 0 aliphatic carbocycles. The number of anilines is 1. The van der Waals surface area contributed by atoms with E-state index in [9.17, 15) is 4.79 Å². The topological polar surface area (TPSA) is 80.9 Å². The molecule has 3 N–H and O–H groups in total. The van der Waals surface area contributed by atoms with Gasteiger partial charge >= 0.3 is 0 Å². The molecule has 0 saturated carbocycles. The highest BCUT2D eigenvalue weighted by Crippen LogP contribution is 2.25. The molecule has 0 fully saturated rings. The summed E-state index contributed by atoms with van der Waals surface area (Å²) in [6.07, 6.45) is 0.483. The number of hydrogen-bond acceptors (Lipinski definition) is 5. The first kappa shape index (κ1) is 15.3. The first-order chi connectivity index (χ1) is 11.2. The average Bonchev–Trinajstić information content (AvgIpc) is 3.05. The van der Waals surface area contributed by atoms with Crippen molar-refractivity contribution in [2.24, 2.45) is 5.73 Å². The summed E-state index contributed by atoms with van der Waals surface area (Å²) in [6.45, 7) is 0. The minimum atomic E-state index is -0.624. The van der Waals surface area contributed by atoms with Crippen molar-refractivity contribution in [3.63, 3.8) is 0 Å². The normalized spacial score (nSPS) is 11.9. The quantitative estimate of drug-likeness (QED) is 0.756. The molecule has 1 aromatic heterocycles. The SMILES string of the molecule is NC(Cc1ccccc1)C(=O)Nc1nnc(-c2ccccc2)s1. The van der Waals surface area contributed by atoms with E-state index in [4.69, 9.17) is 5.73 Å². The smallest absolute Gasteiger partial charge is 0.243 e. The molecule has 0 radical (unpaired) electrons. The van der Waals surface area contributed by atoms with Crippen molar-refractivity contribution in [2.75, 3.05) is 5.32 Å². The molecule has 0 bridgehead atoms. The van der Waals surface area contributed by atoms with Gasteiger partial charge in [-0.15, -0.1) is 10.2 Å². The molecule has 2 aromatic carbocycles. The highest BCUT2D eigenvalue weighted by atomic mass is 32.1. The Morgan fingerprint density at radius 3 is 2.39 bits per heavy atom. The summed E-state index contributed by atoms with van der Waals surface area (Å²) in [7, 11) is 0. The maximum absolute atomic E-state index is 12.2. The lowest BCUT2D eigenvalue weighted by Gasteiger charge is -2.10. The third kappa shape index (κ3) is 4.00. The summed E-state index contributed by atoms with van der Waals surface area (Å²) in [5, 5.41) is 12.0. The summed E-state index contributed by atoms with van der Waals surface area (Å²) in [4.78, 5) is 12.2. The molecule has 116 valence electrons. The highest BCUT2D eigenvalue weighted by molar-refractivity contribution is 7.18. The number of carbonyl (C=O) groups is 1. The molecule has 0 aliphatic rings. The van der Waals surface area contributed by atoms with Crippen LogP contribution in [-0.2, 0) is 11.2 Å². The third-order valence-corrected chi connectivity index (χ3v) is 4.20. The standard InChI is InChI=1S/C17H16N4OS/c18-14(11-12-7-3-1-4-8-12)15(22)19-17-21-20-16(23-17)13-9-5-2-6-10-13/h1-10,14H,11,18H2,(H,19,21,22). The Labute approximate surface area is 138 Å². The molecule has 0 spiro atoms. The summed E-state index contributed by atoms with van der Waals surface area (Å²) in [6, 6.07) is 18.8. The van der Waals surface area contributed by atoms with Crippen molar-refractivity contribution in [3.05, 3.63) is 66.2 Å².